The number of pyridine rings is 1. The summed E-state index contributed by atoms with van der Waals surface area (Å²) in [6.07, 6.45) is 6.03. The van der Waals surface area contributed by atoms with Crippen molar-refractivity contribution in [1.82, 2.24) is 19.9 Å². The Morgan fingerprint density at radius 3 is 2.57 bits per heavy atom. The lowest BCUT2D eigenvalue weighted by Crippen LogP contribution is -2.42. The van der Waals surface area contributed by atoms with E-state index in [-0.39, 0.29) is 0 Å². The molecule has 0 aliphatic carbocycles. The number of aromatic nitrogens is 3. The molecule has 0 saturated carbocycles. The van der Waals surface area contributed by atoms with Crippen LogP contribution in [0.4, 0.5) is 5.69 Å². The molecule has 30 heavy (non-hydrogen) atoms. The molecule has 1 fully saturated rings. The predicted octanol–water partition coefficient (Wildman–Crippen LogP) is 4.39. The summed E-state index contributed by atoms with van der Waals surface area (Å²) in [5, 5.41) is 3.70. The van der Waals surface area contributed by atoms with Gasteiger partial charge in [0.15, 0.2) is 0 Å². The lowest BCUT2D eigenvalue weighted by molar-refractivity contribution is 0.414. The van der Waals surface area contributed by atoms with Gasteiger partial charge in [0.2, 0.25) is 0 Å². The van der Waals surface area contributed by atoms with Crippen molar-refractivity contribution in [2.24, 2.45) is 7.05 Å². The van der Waals surface area contributed by atoms with Crippen LogP contribution in [-0.2, 0) is 13.6 Å². The highest BCUT2D eigenvalue weighted by Gasteiger charge is 2.20. The molecule has 5 rings (SSSR count). The standard InChI is InChI=1S/C25H27N5/c1-29-24-8-3-2-7-23(24)28-25(29)20-5-4-6-22(17-20)30-15-11-21(12-16-30)27-18-19-9-13-26-14-10-19/h2-10,13-14,17,21,27H,11-12,15-16,18H2,1H3. The molecule has 0 bridgehead atoms. The van der Waals surface area contributed by atoms with Gasteiger partial charge in [-0.1, -0.05) is 24.3 Å². The van der Waals surface area contributed by atoms with Crippen LogP contribution in [0.1, 0.15) is 18.4 Å². The Labute approximate surface area is 177 Å². The van der Waals surface area contributed by atoms with E-state index in [1.165, 1.54) is 22.3 Å². The molecule has 152 valence electrons. The Balaban J connectivity index is 1.26. The van der Waals surface area contributed by atoms with Gasteiger partial charge in [0.25, 0.3) is 0 Å². The first kappa shape index (κ1) is 18.8. The number of benzene rings is 2. The minimum atomic E-state index is 0.567. The van der Waals surface area contributed by atoms with Gasteiger partial charge in [-0.2, -0.15) is 0 Å². The molecule has 2 aromatic heterocycles. The number of piperidine rings is 1. The third-order valence-electron chi connectivity index (χ3n) is 6.10. The van der Waals surface area contributed by atoms with Crippen molar-refractivity contribution < 1.29 is 0 Å². The third kappa shape index (κ3) is 3.81. The van der Waals surface area contributed by atoms with E-state index >= 15 is 0 Å². The minimum absolute atomic E-state index is 0.567. The largest absolute Gasteiger partial charge is 0.371 e. The van der Waals surface area contributed by atoms with E-state index in [4.69, 9.17) is 4.98 Å². The quantitative estimate of drug-likeness (QED) is 0.542. The van der Waals surface area contributed by atoms with Gasteiger partial charge in [0.1, 0.15) is 5.82 Å². The van der Waals surface area contributed by atoms with Crippen LogP contribution >= 0.6 is 0 Å². The molecule has 1 aliphatic heterocycles. The van der Waals surface area contributed by atoms with Gasteiger partial charge >= 0.3 is 0 Å². The number of fused-ring (bicyclic) bond motifs is 1. The molecule has 1 saturated heterocycles. The van der Waals surface area contributed by atoms with E-state index in [0.29, 0.717) is 6.04 Å². The summed E-state index contributed by atoms with van der Waals surface area (Å²) in [7, 11) is 2.09. The van der Waals surface area contributed by atoms with E-state index < -0.39 is 0 Å². The lowest BCUT2D eigenvalue weighted by Gasteiger charge is -2.34. The maximum atomic E-state index is 4.86. The van der Waals surface area contributed by atoms with Crippen molar-refractivity contribution in [3.63, 3.8) is 0 Å². The third-order valence-corrected chi connectivity index (χ3v) is 6.10. The maximum Gasteiger partial charge on any atom is 0.140 e. The molecule has 2 aromatic carbocycles. The Hall–Kier alpha value is -3.18. The van der Waals surface area contributed by atoms with Crippen LogP contribution in [0.3, 0.4) is 0 Å². The normalized spacial score (nSPS) is 15.0. The molecule has 0 radical (unpaired) electrons. The molecule has 0 spiro atoms. The molecule has 1 aliphatic rings. The van der Waals surface area contributed by atoms with Gasteiger partial charge in [-0.25, -0.2) is 4.98 Å². The van der Waals surface area contributed by atoms with E-state index in [1.54, 1.807) is 0 Å². The Bertz CT molecular complexity index is 1130. The summed E-state index contributed by atoms with van der Waals surface area (Å²) in [5.41, 5.74) is 5.96. The Morgan fingerprint density at radius 1 is 0.967 bits per heavy atom. The number of hydrogen-bond acceptors (Lipinski definition) is 4. The molecule has 5 heteroatoms. The first-order valence-electron chi connectivity index (χ1n) is 10.7. The van der Waals surface area contributed by atoms with Crippen LogP contribution in [0.5, 0.6) is 0 Å². The first-order chi connectivity index (χ1) is 14.8. The molecule has 4 aromatic rings. The van der Waals surface area contributed by atoms with E-state index in [2.05, 4.69) is 81.4 Å². The van der Waals surface area contributed by atoms with Crippen molar-refractivity contribution in [3.8, 4) is 11.4 Å². The van der Waals surface area contributed by atoms with Gasteiger partial charge in [-0.05, 0) is 54.8 Å². The topological polar surface area (TPSA) is 46.0 Å². The van der Waals surface area contributed by atoms with Gasteiger partial charge in [0.05, 0.1) is 11.0 Å². The molecule has 0 unspecified atom stereocenters. The summed E-state index contributed by atoms with van der Waals surface area (Å²) in [5.74, 6) is 1.02. The van der Waals surface area contributed by atoms with Crippen LogP contribution in [-0.4, -0.2) is 33.7 Å². The van der Waals surface area contributed by atoms with E-state index in [1.807, 2.05) is 18.5 Å². The van der Waals surface area contributed by atoms with Crippen molar-refractivity contribution in [2.45, 2.75) is 25.4 Å². The number of rotatable bonds is 5. The summed E-state index contributed by atoms with van der Waals surface area (Å²) in [6, 6.07) is 21.8. The highest BCUT2D eigenvalue weighted by Crippen LogP contribution is 2.28. The van der Waals surface area contributed by atoms with Gasteiger partial charge in [-0.15, -0.1) is 0 Å². The van der Waals surface area contributed by atoms with Crippen LogP contribution in [0.15, 0.2) is 73.1 Å². The molecule has 1 N–H and O–H groups in total. The van der Waals surface area contributed by atoms with Crippen LogP contribution in [0, 0.1) is 0 Å². The van der Waals surface area contributed by atoms with Crippen molar-refractivity contribution in [2.75, 3.05) is 18.0 Å². The number of hydrogen-bond donors (Lipinski definition) is 1. The van der Waals surface area contributed by atoms with Crippen LogP contribution in [0.2, 0.25) is 0 Å². The van der Waals surface area contributed by atoms with Crippen molar-refractivity contribution >= 4 is 16.7 Å². The second kappa shape index (κ2) is 8.28. The monoisotopic (exact) mass is 397 g/mol. The lowest BCUT2D eigenvalue weighted by atomic mass is 10.0. The fourth-order valence-electron chi connectivity index (χ4n) is 4.35. The summed E-state index contributed by atoms with van der Waals surface area (Å²) >= 11 is 0. The van der Waals surface area contributed by atoms with Crippen molar-refractivity contribution in [3.05, 3.63) is 78.6 Å². The molecular formula is C25H27N5. The predicted molar refractivity (Wildman–Crippen MR) is 122 cm³/mol. The second-order valence-electron chi connectivity index (χ2n) is 8.03. The smallest absolute Gasteiger partial charge is 0.140 e. The maximum absolute atomic E-state index is 4.86. The molecule has 0 amide bonds. The minimum Gasteiger partial charge on any atom is -0.371 e. The first-order valence-corrected chi connectivity index (χ1v) is 10.7. The number of anilines is 1. The molecular weight excluding hydrogens is 370 g/mol. The fraction of sp³-hybridized carbons (Fsp3) is 0.280. The molecule has 3 heterocycles. The second-order valence-corrected chi connectivity index (χ2v) is 8.03. The van der Waals surface area contributed by atoms with E-state index in [9.17, 15) is 0 Å². The van der Waals surface area contributed by atoms with Crippen LogP contribution < -0.4 is 10.2 Å². The highest BCUT2D eigenvalue weighted by molar-refractivity contribution is 5.81. The Kier molecular flexibility index (Phi) is 5.20. The van der Waals surface area contributed by atoms with Gasteiger partial charge in [0, 0.05) is 56.4 Å². The number of nitrogens with zero attached hydrogens (tertiary/aromatic N) is 4. The Morgan fingerprint density at radius 2 is 1.77 bits per heavy atom. The number of imidazole rings is 1. The van der Waals surface area contributed by atoms with Gasteiger partial charge in [-0.3, -0.25) is 4.98 Å². The average molecular weight is 398 g/mol. The molecule has 5 nitrogen and oxygen atoms in total. The number of aryl methyl sites for hydroxylation is 1. The van der Waals surface area contributed by atoms with Crippen LogP contribution in [0.25, 0.3) is 22.4 Å². The van der Waals surface area contributed by atoms with Gasteiger partial charge < -0.3 is 14.8 Å². The molecule has 0 atom stereocenters. The fourth-order valence-corrected chi connectivity index (χ4v) is 4.35. The summed E-state index contributed by atoms with van der Waals surface area (Å²) < 4.78 is 2.18. The number of nitrogens with one attached hydrogen (secondary N) is 1. The average Bonchev–Trinajstić information content (AvgIpc) is 3.15. The zero-order valence-electron chi connectivity index (χ0n) is 17.3. The highest BCUT2D eigenvalue weighted by atomic mass is 15.1. The number of para-hydroxylation sites is 2. The SMILES string of the molecule is Cn1c(-c2cccc(N3CCC(NCc4ccncc4)CC3)c2)nc2ccccc21. The zero-order chi connectivity index (χ0) is 20.3. The summed E-state index contributed by atoms with van der Waals surface area (Å²) in [4.78, 5) is 11.5. The zero-order valence-corrected chi connectivity index (χ0v) is 17.3. The van der Waals surface area contributed by atoms with E-state index in [0.717, 1.165) is 43.8 Å². The summed E-state index contributed by atoms with van der Waals surface area (Å²) in [6.45, 7) is 3.05. The van der Waals surface area contributed by atoms with Crippen molar-refractivity contribution in [1.29, 1.82) is 0 Å².